The maximum atomic E-state index is 2.56. The van der Waals surface area contributed by atoms with Crippen molar-refractivity contribution in [1.29, 1.82) is 0 Å². The van der Waals surface area contributed by atoms with Gasteiger partial charge in [0.15, 0.2) is 0 Å². The maximum Gasteiger partial charge on any atom is 0.0725 e. The zero-order chi connectivity index (χ0) is 42.3. The Labute approximate surface area is 373 Å². The van der Waals surface area contributed by atoms with E-state index in [2.05, 4.69) is 232 Å². The van der Waals surface area contributed by atoms with Crippen LogP contribution in [0.25, 0.3) is 99.1 Å². The van der Waals surface area contributed by atoms with Crippen LogP contribution in [0.3, 0.4) is 0 Å². The molecule has 3 aliphatic rings. The molecule has 0 nitrogen and oxygen atoms in total. The molecule has 11 aromatic rings. The quantitative estimate of drug-likeness (QED) is 0.156. The lowest BCUT2D eigenvalue weighted by Crippen LogP contribution is -2.25. The number of rotatable bonds is 3. The summed E-state index contributed by atoms with van der Waals surface area (Å²) in [6.45, 7) is 4.78. The van der Waals surface area contributed by atoms with Crippen LogP contribution in [-0.2, 0) is 10.8 Å². The fourth-order valence-electron chi connectivity index (χ4n) is 12.6. The summed E-state index contributed by atoms with van der Waals surface area (Å²) in [6.07, 6.45) is 0. The van der Waals surface area contributed by atoms with E-state index in [1.165, 1.54) is 132 Å². The smallest absolute Gasteiger partial charge is 0.0619 e. The van der Waals surface area contributed by atoms with Crippen molar-refractivity contribution in [3.8, 4) is 66.8 Å². The first-order valence-electron chi connectivity index (χ1n) is 22.7. The van der Waals surface area contributed by atoms with Gasteiger partial charge in [-0.25, -0.2) is 0 Å². The van der Waals surface area contributed by atoms with Gasteiger partial charge in [0.05, 0.1) is 5.41 Å². The van der Waals surface area contributed by atoms with Crippen LogP contribution in [0.5, 0.6) is 0 Å². The highest BCUT2D eigenvalue weighted by Crippen LogP contribution is 2.63. The predicted octanol–water partition coefficient (Wildman–Crippen LogP) is 16.8. The van der Waals surface area contributed by atoms with Gasteiger partial charge in [0, 0.05) is 5.41 Å². The molecule has 0 heteroatoms. The Morgan fingerprint density at radius 2 is 0.656 bits per heavy atom. The van der Waals surface area contributed by atoms with Crippen LogP contribution in [0.1, 0.15) is 47.2 Å². The highest BCUT2D eigenvalue weighted by Gasteiger charge is 2.51. The Kier molecular flexibility index (Phi) is 7.20. The van der Waals surface area contributed by atoms with Gasteiger partial charge in [-0.05, 0) is 151 Å². The van der Waals surface area contributed by atoms with Crippen molar-refractivity contribution in [2.45, 2.75) is 24.7 Å². The van der Waals surface area contributed by atoms with Gasteiger partial charge in [0.25, 0.3) is 0 Å². The van der Waals surface area contributed by atoms with Gasteiger partial charge < -0.3 is 0 Å². The third-order valence-corrected chi connectivity index (χ3v) is 15.3. The van der Waals surface area contributed by atoms with Gasteiger partial charge in [-0.15, -0.1) is 0 Å². The number of fused-ring (bicyclic) bond motifs is 16. The van der Waals surface area contributed by atoms with Gasteiger partial charge in [-0.1, -0.05) is 214 Å². The summed E-state index contributed by atoms with van der Waals surface area (Å²) >= 11 is 0. The van der Waals surface area contributed by atoms with Crippen molar-refractivity contribution in [1.82, 2.24) is 0 Å². The van der Waals surface area contributed by atoms with Crippen LogP contribution >= 0.6 is 0 Å². The molecule has 0 aliphatic heterocycles. The largest absolute Gasteiger partial charge is 0.0725 e. The lowest BCUT2D eigenvalue weighted by molar-refractivity contribution is 0.660. The van der Waals surface area contributed by atoms with Crippen LogP contribution < -0.4 is 0 Å². The van der Waals surface area contributed by atoms with Crippen molar-refractivity contribution >= 4 is 32.3 Å². The molecule has 0 atom stereocenters. The van der Waals surface area contributed by atoms with Gasteiger partial charge in [-0.3, -0.25) is 0 Å². The van der Waals surface area contributed by atoms with Crippen LogP contribution in [0.2, 0.25) is 0 Å². The standard InChI is InChI=1S/C64H42/c1-63(2)55-26-11-7-19-45(55)49-33-31-41(37-59(49)63)62-52-24-6-5-23-51(52)61(53-35-30-40(36-54(53)62)44-25-15-17-39-16-3-4-18-43(39)44)42-32-34-50-48-22-10-14-29-58(48)64(60(50)38-42)56-27-12-8-20-46(56)47-21-9-13-28-57(47)64/h3-38H,1-2H3. The molecule has 0 saturated carbocycles. The van der Waals surface area contributed by atoms with Crippen molar-refractivity contribution in [3.05, 3.63) is 252 Å². The molecule has 0 saturated heterocycles. The molecule has 0 aromatic heterocycles. The van der Waals surface area contributed by atoms with Gasteiger partial charge in [0.1, 0.15) is 0 Å². The number of hydrogen-bond donors (Lipinski definition) is 0. The molecule has 64 heavy (non-hydrogen) atoms. The van der Waals surface area contributed by atoms with E-state index in [0.717, 1.165) is 0 Å². The lowest BCUT2D eigenvalue weighted by atomic mass is 9.70. The SMILES string of the molecule is CC1(C)c2ccccc2-c2ccc(-c3c4ccccc4c(-c4ccc5c(c4)C4(c6ccccc6-c6ccccc64)c4ccccc4-5)c4ccc(-c5cccc6ccccc56)cc34)cc21. The number of benzene rings is 11. The fourth-order valence-corrected chi connectivity index (χ4v) is 12.6. The molecular weight excluding hydrogens is 769 g/mol. The van der Waals surface area contributed by atoms with E-state index >= 15 is 0 Å². The first-order chi connectivity index (χ1) is 31.5. The molecule has 0 bridgehead atoms. The average Bonchev–Trinajstić information content (AvgIpc) is 3.91. The molecular formula is C64H42. The fraction of sp³-hybridized carbons (Fsp3) is 0.0625. The van der Waals surface area contributed by atoms with E-state index in [-0.39, 0.29) is 5.41 Å². The Morgan fingerprint density at radius 3 is 1.28 bits per heavy atom. The first-order valence-corrected chi connectivity index (χ1v) is 22.7. The molecule has 1 spiro atoms. The monoisotopic (exact) mass is 810 g/mol. The highest BCUT2D eigenvalue weighted by molar-refractivity contribution is 6.22. The normalized spacial score (nSPS) is 14.3. The van der Waals surface area contributed by atoms with Crippen LogP contribution in [0.4, 0.5) is 0 Å². The molecule has 11 aromatic carbocycles. The Hall–Kier alpha value is -7.80. The minimum absolute atomic E-state index is 0.114. The summed E-state index contributed by atoms with van der Waals surface area (Å²) in [5, 5.41) is 7.58. The van der Waals surface area contributed by atoms with E-state index in [0.29, 0.717) is 0 Å². The average molecular weight is 811 g/mol. The third-order valence-electron chi connectivity index (χ3n) is 15.3. The van der Waals surface area contributed by atoms with E-state index in [4.69, 9.17) is 0 Å². The predicted molar refractivity (Wildman–Crippen MR) is 269 cm³/mol. The zero-order valence-corrected chi connectivity index (χ0v) is 35.8. The van der Waals surface area contributed by atoms with Crippen molar-refractivity contribution in [2.24, 2.45) is 0 Å². The van der Waals surface area contributed by atoms with E-state index in [9.17, 15) is 0 Å². The molecule has 0 N–H and O–H groups in total. The second kappa shape index (κ2) is 12.9. The second-order valence-electron chi connectivity index (χ2n) is 18.7. The summed E-state index contributed by atoms with van der Waals surface area (Å²) < 4.78 is 0. The first kappa shape index (κ1) is 35.8. The zero-order valence-electron chi connectivity index (χ0n) is 35.8. The van der Waals surface area contributed by atoms with Crippen LogP contribution in [0, 0.1) is 0 Å². The molecule has 0 heterocycles. The van der Waals surface area contributed by atoms with Gasteiger partial charge >= 0.3 is 0 Å². The van der Waals surface area contributed by atoms with Gasteiger partial charge in [-0.2, -0.15) is 0 Å². The minimum Gasteiger partial charge on any atom is -0.0619 e. The van der Waals surface area contributed by atoms with Crippen LogP contribution in [-0.4, -0.2) is 0 Å². The van der Waals surface area contributed by atoms with Crippen molar-refractivity contribution in [2.75, 3.05) is 0 Å². The third kappa shape index (κ3) is 4.57. The maximum absolute atomic E-state index is 2.56. The summed E-state index contributed by atoms with van der Waals surface area (Å²) in [4.78, 5) is 0. The van der Waals surface area contributed by atoms with Crippen LogP contribution in [0.15, 0.2) is 218 Å². The molecule has 0 amide bonds. The van der Waals surface area contributed by atoms with Crippen molar-refractivity contribution in [3.63, 3.8) is 0 Å². The van der Waals surface area contributed by atoms with Gasteiger partial charge in [0.2, 0.25) is 0 Å². The van der Waals surface area contributed by atoms with E-state index < -0.39 is 5.41 Å². The molecule has 298 valence electrons. The summed E-state index contributed by atoms with van der Waals surface area (Å²) in [5.41, 5.74) is 23.2. The lowest BCUT2D eigenvalue weighted by Gasteiger charge is -2.31. The van der Waals surface area contributed by atoms with E-state index in [1.807, 2.05) is 0 Å². The molecule has 0 unspecified atom stereocenters. The van der Waals surface area contributed by atoms with Crippen molar-refractivity contribution < 1.29 is 0 Å². The summed E-state index contributed by atoms with van der Waals surface area (Å²) in [5.74, 6) is 0. The summed E-state index contributed by atoms with van der Waals surface area (Å²) in [7, 11) is 0. The molecule has 0 radical (unpaired) electrons. The Bertz CT molecular complexity index is 3750. The number of hydrogen-bond acceptors (Lipinski definition) is 0. The molecule has 3 aliphatic carbocycles. The molecule has 14 rings (SSSR count). The van der Waals surface area contributed by atoms with E-state index in [1.54, 1.807) is 0 Å². The Morgan fingerprint density at radius 1 is 0.250 bits per heavy atom. The molecule has 0 fully saturated rings. The second-order valence-corrected chi connectivity index (χ2v) is 18.7. The topological polar surface area (TPSA) is 0 Å². The highest BCUT2D eigenvalue weighted by atomic mass is 14.5. The summed E-state index contributed by atoms with van der Waals surface area (Å²) in [6, 6.07) is 82.9. The Balaban J connectivity index is 1.08. The minimum atomic E-state index is -0.420.